The first-order valence-corrected chi connectivity index (χ1v) is 7.96. The second-order valence-electron chi connectivity index (χ2n) is 4.26. The van der Waals surface area contributed by atoms with Crippen LogP contribution < -0.4 is 10.5 Å². The largest absolute Gasteiger partial charge is 0.493 e. The molecule has 1 aromatic rings. The molecule has 0 heterocycles. The van der Waals surface area contributed by atoms with Crippen molar-refractivity contribution in [2.75, 3.05) is 18.1 Å². The van der Waals surface area contributed by atoms with Gasteiger partial charge in [0.15, 0.2) is 0 Å². The minimum absolute atomic E-state index is 0.0967. The monoisotopic (exact) mass is 271 g/mol. The maximum absolute atomic E-state index is 11.3. The van der Waals surface area contributed by atoms with Gasteiger partial charge in [-0.1, -0.05) is 25.1 Å². The van der Waals surface area contributed by atoms with Crippen LogP contribution in [-0.2, 0) is 9.84 Å². The lowest BCUT2D eigenvalue weighted by Crippen LogP contribution is -2.13. The number of hydrogen-bond acceptors (Lipinski definition) is 4. The van der Waals surface area contributed by atoms with Crippen LogP contribution in [0.25, 0.3) is 0 Å². The zero-order valence-corrected chi connectivity index (χ0v) is 11.7. The van der Waals surface area contributed by atoms with Crippen LogP contribution in [0.5, 0.6) is 5.75 Å². The minimum Gasteiger partial charge on any atom is -0.493 e. The van der Waals surface area contributed by atoms with Crippen LogP contribution in [-0.4, -0.2) is 26.5 Å². The molecule has 0 aliphatic heterocycles. The van der Waals surface area contributed by atoms with Gasteiger partial charge in [-0.3, -0.25) is 0 Å². The van der Waals surface area contributed by atoms with E-state index in [9.17, 15) is 8.42 Å². The van der Waals surface area contributed by atoms with E-state index in [-0.39, 0.29) is 17.5 Å². The lowest BCUT2D eigenvalue weighted by atomic mass is 10.1. The molecular formula is C13H21NO3S. The highest BCUT2D eigenvalue weighted by Gasteiger charge is 2.09. The summed E-state index contributed by atoms with van der Waals surface area (Å²) in [5, 5.41) is 0. The standard InChI is InChI=1S/C13H21NO3S/c1-3-18(15,16)10-6-9-17-13-8-5-4-7-12(13)11(2)14/h4-5,7-8,11H,3,6,9-10,14H2,1-2H3/t11-/m0/s1. The molecule has 102 valence electrons. The lowest BCUT2D eigenvalue weighted by molar-refractivity contribution is 0.313. The number of hydrogen-bond donors (Lipinski definition) is 1. The van der Waals surface area contributed by atoms with E-state index >= 15 is 0 Å². The second kappa shape index (κ2) is 6.75. The van der Waals surface area contributed by atoms with Gasteiger partial charge in [0, 0.05) is 17.4 Å². The maximum atomic E-state index is 11.3. The molecule has 4 nitrogen and oxygen atoms in total. The first-order chi connectivity index (χ1) is 8.46. The number of sulfone groups is 1. The summed E-state index contributed by atoms with van der Waals surface area (Å²) < 4.78 is 28.2. The van der Waals surface area contributed by atoms with Crippen LogP contribution in [0.1, 0.15) is 31.9 Å². The van der Waals surface area contributed by atoms with Crippen LogP contribution in [0.2, 0.25) is 0 Å². The highest BCUT2D eigenvalue weighted by Crippen LogP contribution is 2.23. The second-order valence-corrected chi connectivity index (χ2v) is 6.74. The van der Waals surface area contributed by atoms with Gasteiger partial charge in [-0.05, 0) is 19.4 Å². The van der Waals surface area contributed by atoms with Crippen molar-refractivity contribution in [1.82, 2.24) is 0 Å². The summed E-state index contributed by atoms with van der Waals surface area (Å²) in [6.07, 6.45) is 0.503. The van der Waals surface area contributed by atoms with Gasteiger partial charge in [-0.25, -0.2) is 8.42 Å². The van der Waals surface area contributed by atoms with Crippen LogP contribution in [0.3, 0.4) is 0 Å². The highest BCUT2D eigenvalue weighted by atomic mass is 32.2. The molecule has 1 aromatic carbocycles. The third-order valence-electron chi connectivity index (χ3n) is 2.71. The molecular weight excluding hydrogens is 250 g/mol. The topological polar surface area (TPSA) is 69.4 Å². The van der Waals surface area contributed by atoms with E-state index in [1.807, 2.05) is 31.2 Å². The summed E-state index contributed by atoms with van der Waals surface area (Å²) >= 11 is 0. The van der Waals surface area contributed by atoms with E-state index in [0.717, 1.165) is 11.3 Å². The normalized spacial score (nSPS) is 13.3. The van der Waals surface area contributed by atoms with Gasteiger partial charge in [0.25, 0.3) is 0 Å². The van der Waals surface area contributed by atoms with E-state index in [0.29, 0.717) is 13.0 Å². The zero-order valence-electron chi connectivity index (χ0n) is 10.9. The van der Waals surface area contributed by atoms with E-state index < -0.39 is 9.84 Å². The average Bonchev–Trinajstić information content (AvgIpc) is 2.35. The van der Waals surface area contributed by atoms with Crippen LogP contribution >= 0.6 is 0 Å². The molecule has 0 aliphatic rings. The number of benzene rings is 1. The van der Waals surface area contributed by atoms with Gasteiger partial charge in [0.2, 0.25) is 0 Å². The smallest absolute Gasteiger partial charge is 0.150 e. The third kappa shape index (κ3) is 4.66. The molecule has 0 fully saturated rings. The molecule has 2 N–H and O–H groups in total. The van der Waals surface area contributed by atoms with Crippen LogP contribution in [0, 0.1) is 0 Å². The van der Waals surface area contributed by atoms with E-state index in [1.165, 1.54) is 0 Å². The van der Waals surface area contributed by atoms with Gasteiger partial charge in [0.05, 0.1) is 12.4 Å². The molecule has 1 rings (SSSR count). The quantitative estimate of drug-likeness (QED) is 0.769. The van der Waals surface area contributed by atoms with Crippen molar-refractivity contribution in [3.05, 3.63) is 29.8 Å². The molecule has 18 heavy (non-hydrogen) atoms. The summed E-state index contributed by atoms with van der Waals surface area (Å²) in [5.41, 5.74) is 6.77. The Bertz CT molecular complexity index is 469. The molecule has 0 aliphatic carbocycles. The molecule has 0 radical (unpaired) electrons. The first kappa shape index (κ1) is 15.0. The SMILES string of the molecule is CCS(=O)(=O)CCCOc1ccccc1[C@H](C)N. The Balaban J connectivity index is 2.50. The fourth-order valence-corrected chi connectivity index (χ4v) is 2.44. The van der Waals surface area contributed by atoms with Crippen molar-refractivity contribution in [3.8, 4) is 5.75 Å². The summed E-state index contributed by atoms with van der Waals surface area (Å²) in [6.45, 7) is 3.94. The summed E-state index contributed by atoms with van der Waals surface area (Å²) in [7, 11) is -2.91. The first-order valence-electron chi connectivity index (χ1n) is 6.14. The summed E-state index contributed by atoms with van der Waals surface area (Å²) in [6, 6.07) is 7.47. The Kier molecular flexibility index (Phi) is 5.62. The Morgan fingerprint density at radius 1 is 1.33 bits per heavy atom. The molecule has 0 aromatic heterocycles. The van der Waals surface area contributed by atoms with Gasteiger partial charge >= 0.3 is 0 Å². The zero-order chi connectivity index (χ0) is 13.6. The molecule has 0 spiro atoms. The predicted octanol–water partition coefficient (Wildman–Crippen LogP) is 1.91. The number of nitrogens with two attached hydrogens (primary N) is 1. The third-order valence-corrected chi connectivity index (χ3v) is 4.50. The number of rotatable bonds is 7. The Labute approximate surface area is 109 Å². The van der Waals surface area contributed by atoms with Crippen molar-refractivity contribution in [2.45, 2.75) is 26.3 Å². The van der Waals surface area contributed by atoms with Crippen molar-refractivity contribution in [1.29, 1.82) is 0 Å². The fourth-order valence-electron chi connectivity index (χ4n) is 1.59. The van der Waals surface area contributed by atoms with E-state index in [2.05, 4.69) is 0 Å². The molecule has 0 saturated carbocycles. The molecule has 1 atom stereocenters. The van der Waals surface area contributed by atoms with Crippen molar-refractivity contribution in [2.24, 2.45) is 5.73 Å². The maximum Gasteiger partial charge on any atom is 0.150 e. The number of para-hydroxylation sites is 1. The highest BCUT2D eigenvalue weighted by molar-refractivity contribution is 7.91. The molecule has 5 heteroatoms. The Morgan fingerprint density at radius 3 is 2.61 bits per heavy atom. The van der Waals surface area contributed by atoms with Crippen molar-refractivity contribution >= 4 is 9.84 Å². The molecule has 0 saturated heterocycles. The molecule has 0 bridgehead atoms. The average molecular weight is 271 g/mol. The molecule has 0 unspecified atom stereocenters. The summed E-state index contributed by atoms with van der Waals surface area (Å²) in [5.74, 6) is 1.09. The van der Waals surface area contributed by atoms with Crippen molar-refractivity contribution < 1.29 is 13.2 Å². The van der Waals surface area contributed by atoms with Crippen LogP contribution in [0.4, 0.5) is 0 Å². The van der Waals surface area contributed by atoms with E-state index in [4.69, 9.17) is 10.5 Å². The number of ether oxygens (including phenoxy) is 1. The fraction of sp³-hybridized carbons (Fsp3) is 0.538. The van der Waals surface area contributed by atoms with Crippen molar-refractivity contribution in [3.63, 3.8) is 0 Å². The van der Waals surface area contributed by atoms with E-state index in [1.54, 1.807) is 6.92 Å². The molecule has 0 amide bonds. The lowest BCUT2D eigenvalue weighted by Gasteiger charge is -2.13. The minimum atomic E-state index is -2.91. The van der Waals surface area contributed by atoms with Gasteiger partial charge < -0.3 is 10.5 Å². The van der Waals surface area contributed by atoms with Gasteiger partial charge in [0.1, 0.15) is 15.6 Å². The Morgan fingerprint density at radius 2 is 2.00 bits per heavy atom. The van der Waals surface area contributed by atoms with Crippen LogP contribution in [0.15, 0.2) is 24.3 Å². The van der Waals surface area contributed by atoms with Gasteiger partial charge in [-0.15, -0.1) is 0 Å². The predicted molar refractivity (Wildman–Crippen MR) is 73.5 cm³/mol. The Hall–Kier alpha value is -1.07. The van der Waals surface area contributed by atoms with Gasteiger partial charge in [-0.2, -0.15) is 0 Å². The summed E-state index contributed by atoms with van der Waals surface area (Å²) in [4.78, 5) is 0.